The minimum absolute atomic E-state index is 0.0694. The van der Waals surface area contributed by atoms with Crippen LogP contribution in [0.1, 0.15) is 12.8 Å². The number of hydrogen-bond donors (Lipinski definition) is 0. The maximum absolute atomic E-state index is 10.0. The van der Waals surface area contributed by atoms with Gasteiger partial charge in [-0.25, -0.2) is 0 Å². The second-order valence-corrected chi connectivity index (χ2v) is 2.25. The first-order valence-electron chi connectivity index (χ1n) is 3.24. The minimum atomic E-state index is 0.0694. The van der Waals surface area contributed by atoms with Crippen molar-refractivity contribution in [3.05, 3.63) is 0 Å². The van der Waals surface area contributed by atoms with E-state index in [0.717, 1.165) is 19.6 Å². The molecule has 0 atom stereocenters. The largest absolute Gasteiger partial charge is 0.854 e. The van der Waals surface area contributed by atoms with Crippen molar-refractivity contribution in [3.63, 3.8) is 0 Å². The lowest BCUT2D eigenvalue weighted by Crippen LogP contribution is -2.27. The maximum Gasteiger partial charge on any atom is -0.00188 e. The van der Waals surface area contributed by atoms with Crippen LogP contribution in [0.15, 0.2) is 0 Å². The molecule has 0 aliphatic carbocycles. The second kappa shape index (κ2) is 3.05. The standard InChI is InChI=1S/C6H12NO/c8-6-5-7-3-1-2-4-7/h1-6H2/q-1. The molecule has 1 heterocycles. The second-order valence-electron chi connectivity index (χ2n) is 2.25. The maximum atomic E-state index is 10.0. The molecular weight excluding hydrogens is 102 g/mol. The first-order valence-corrected chi connectivity index (χ1v) is 3.24. The summed E-state index contributed by atoms with van der Waals surface area (Å²) in [6.07, 6.45) is 2.58. The van der Waals surface area contributed by atoms with Crippen molar-refractivity contribution < 1.29 is 5.11 Å². The van der Waals surface area contributed by atoms with Crippen LogP contribution in [0.5, 0.6) is 0 Å². The Morgan fingerprint density at radius 3 is 2.38 bits per heavy atom. The molecule has 8 heavy (non-hydrogen) atoms. The summed E-state index contributed by atoms with van der Waals surface area (Å²) >= 11 is 0. The number of hydrogen-bond acceptors (Lipinski definition) is 2. The average molecular weight is 114 g/mol. The molecule has 0 aromatic rings. The summed E-state index contributed by atoms with van der Waals surface area (Å²) in [6.45, 7) is 3.14. The molecule has 0 spiro atoms. The van der Waals surface area contributed by atoms with Crippen molar-refractivity contribution in [2.45, 2.75) is 12.8 Å². The van der Waals surface area contributed by atoms with Crippen molar-refractivity contribution in [3.8, 4) is 0 Å². The van der Waals surface area contributed by atoms with Gasteiger partial charge in [-0.1, -0.05) is 0 Å². The number of rotatable bonds is 2. The quantitative estimate of drug-likeness (QED) is 0.481. The van der Waals surface area contributed by atoms with Crippen LogP contribution in [0.25, 0.3) is 0 Å². The Balaban J connectivity index is 2.06. The zero-order chi connectivity index (χ0) is 5.82. The molecule has 2 nitrogen and oxygen atoms in total. The van der Waals surface area contributed by atoms with Gasteiger partial charge in [-0.3, -0.25) is 0 Å². The van der Waals surface area contributed by atoms with Gasteiger partial charge in [0, 0.05) is 0 Å². The van der Waals surface area contributed by atoms with Gasteiger partial charge in [-0.2, -0.15) is 0 Å². The molecule has 1 rings (SSSR count). The van der Waals surface area contributed by atoms with E-state index < -0.39 is 0 Å². The predicted molar refractivity (Wildman–Crippen MR) is 30.5 cm³/mol. The smallest absolute Gasteiger partial charge is 0.00188 e. The van der Waals surface area contributed by atoms with Crippen LogP contribution in [0, 0.1) is 0 Å². The van der Waals surface area contributed by atoms with Crippen LogP contribution in [-0.4, -0.2) is 31.1 Å². The molecule has 1 aliphatic rings. The fraction of sp³-hybridized carbons (Fsp3) is 1.00. The normalized spacial score (nSPS) is 22.1. The van der Waals surface area contributed by atoms with E-state index in [2.05, 4.69) is 4.90 Å². The van der Waals surface area contributed by atoms with Gasteiger partial charge >= 0.3 is 0 Å². The van der Waals surface area contributed by atoms with Crippen molar-refractivity contribution in [1.29, 1.82) is 0 Å². The first kappa shape index (κ1) is 6.05. The molecule has 0 saturated carbocycles. The van der Waals surface area contributed by atoms with E-state index in [1.54, 1.807) is 0 Å². The van der Waals surface area contributed by atoms with Gasteiger partial charge < -0.3 is 10.0 Å². The Morgan fingerprint density at radius 2 is 1.88 bits per heavy atom. The molecular formula is C6H12NO-. The van der Waals surface area contributed by atoms with Gasteiger partial charge in [-0.15, -0.1) is 6.61 Å². The Kier molecular flexibility index (Phi) is 2.30. The lowest BCUT2D eigenvalue weighted by atomic mass is 10.4. The Morgan fingerprint density at radius 1 is 1.25 bits per heavy atom. The third kappa shape index (κ3) is 1.46. The molecule has 0 N–H and O–H groups in total. The summed E-state index contributed by atoms with van der Waals surface area (Å²) in [5, 5.41) is 10.0. The Labute approximate surface area is 50.1 Å². The summed E-state index contributed by atoms with van der Waals surface area (Å²) in [5.74, 6) is 0. The summed E-state index contributed by atoms with van der Waals surface area (Å²) in [4.78, 5) is 2.23. The zero-order valence-corrected chi connectivity index (χ0v) is 5.10. The van der Waals surface area contributed by atoms with E-state index in [1.807, 2.05) is 0 Å². The molecule has 1 fully saturated rings. The van der Waals surface area contributed by atoms with Crippen molar-refractivity contribution in [2.24, 2.45) is 0 Å². The summed E-state index contributed by atoms with van der Waals surface area (Å²) in [7, 11) is 0. The lowest BCUT2D eigenvalue weighted by molar-refractivity contribution is -0.368. The fourth-order valence-corrected chi connectivity index (χ4v) is 1.14. The number of likely N-dealkylation sites (tertiary alicyclic amines) is 1. The predicted octanol–water partition coefficient (Wildman–Crippen LogP) is -0.558. The highest BCUT2D eigenvalue weighted by atomic mass is 16.3. The zero-order valence-electron chi connectivity index (χ0n) is 5.10. The van der Waals surface area contributed by atoms with Crippen LogP contribution in [0.2, 0.25) is 0 Å². The van der Waals surface area contributed by atoms with Crippen LogP contribution >= 0.6 is 0 Å². The van der Waals surface area contributed by atoms with E-state index >= 15 is 0 Å². The van der Waals surface area contributed by atoms with Crippen LogP contribution < -0.4 is 5.11 Å². The molecule has 2 heteroatoms. The lowest BCUT2D eigenvalue weighted by Gasteiger charge is -2.15. The molecule has 0 bridgehead atoms. The van der Waals surface area contributed by atoms with Gasteiger partial charge in [0.15, 0.2) is 0 Å². The van der Waals surface area contributed by atoms with E-state index in [0.29, 0.717) is 0 Å². The topological polar surface area (TPSA) is 26.3 Å². The molecule has 0 radical (unpaired) electrons. The first-order chi connectivity index (χ1) is 3.93. The third-order valence-electron chi connectivity index (χ3n) is 1.61. The van der Waals surface area contributed by atoms with Crippen molar-refractivity contribution in [1.82, 2.24) is 4.90 Å². The molecule has 0 amide bonds. The van der Waals surface area contributed by atoms with Crippen molar-refractivity contribution in [2.75, 3.05) is 26.2 Å². The van der Waals surface area contributed by atoms with E-state index in [1.165, 1.54) is 12.8 Å². The highest BCUT2D eigenvalue weighted by Gasteiger charge is 2.07. The number of nitrogens with zero attached hydrogens (tertiary/aromatic N) is 1. The van der Waals surface area contributed by atoms with Gasteiger partial charge in [0.05, 0.1) is 0 Å². The van der Waals surface area contributed by atoms with E-state index in [9.17, 15) is 5.11 Å². The molecule has 48 valence electrons. The SMILES string of the molecule is [O-]CCN1CCCC1. The Bertz CT molecular complexity index is 59.5. The van der Waals surface area contributed by atoms with Gasteiger partial charge in [0.1, 0.15) is 0 Å². The van der Waals surface area contributed by atoms with Crippen LogP contribution in [-0.2, 0) is 0 Å². The van der Waals surface area contributed by atoms with Crippen molar-refractivity contribution >= 4 is 0 Å². The Hall–Kier alpha value is -0.0800. The minimum Gasteiger partial charge on any atom is -0.854 e. The fourth-order valence-electron chi connectivity index (χ4n) is 1.14. The van der Waals surface area contributed by atoms with Gasteiger partial charge in [-0.05, 0) is 32.5 Å². The van der Waals surface area contributed by atoms with E-state index in [-0.39, 0.29) is 6.61 Å². The van der Waals surface area contributed by atoms with Gasteiger partial charge in [0.25, 0.3) is 0 Å². The molecule has 0 aromatic carbocycles. The van der Waals surface area contributed by atoms with Crippen LogP contribution in [0.4, 0.5) is 0 Å². The highest BCUT2D eigenvalue weighted by Crippen LogP contribution is 2.04. The summed E-state index contributed by atoms with van der Waals surface area (Å²) in [5.41, 5.74) is 0. The van der Waals surface area contributed by atoms with Crippen LogP contribution in [0.3, 0.4) is 0 Å². The average Bonchev–Trinajstić information content (AvgIpc) is 2.19. The van der Waals surface area contributed by atoms with E-state index in [4.69, 9.17) is 0 Å². The van der Waals surface area contributed by atoms with Gasteiger partial charge in [0.2, 0.25) is 0 Å². The summed E-state index contributed by atoms with van der Waals surface area (Å²) in [6, 6.07) is 0. The molecule has 0 aromatic heterocycles. The monoisotopic (exact) mass is 114 g/mol. The molecule has 0 unspecified atom stereocenters. The summed E-state index contributed by atoms with van der Waals surface area (Å²) < 4.78 is 0. The molecule has 1 aliphatic heterocycles. The third-order valence-corrected chi connectivity index (χ3v) is 1.61. The molecule has 1 saturated heterocycles. The highest BCUT2D eigenvalue weighted by molar-refractivity contribution is 4.64.